The van der Waals surface area contributed by atoms with Crippen molar-refractivity contribution in [1.82, 2.24) is 14.7 Å². The molecule has 1 aromatic carbocycles. The van der Waals surface area contributed by atoms with E-state index in [2.05, 4.69) is 4.90 Å². The average molecular weight is 429 g/mol. The van der Waals surface area contributed by atoms with E-state index in [1.54, 1.807) is 4.90 Å². The lowest BCUT2D eigenvalue weighted by atomic mass is 10.3. The van der Waals surface area contributed by atoms with Gasteiger partial charge in [-0.05, 0) is 56.2 Å². The second kappa shape index (κ2) is 9.51. The Balaban J connectivity index is 1.22. The van der Waals surface area contributed by atoms with Crippen LogP contribution in [0.5, 0.6) is 5.75 Å². The summed E-state index contributed by atoms with van der Waals surface area (Å²) in [7, 11) is 0. The standard InChI is InChI=1S/C23H28FN3O4/c1-17-2-7-21(31-17)14-27(19-5-6-19)22(28)15-25-10-12-26(13-11-25)23(29)16-30-20-8-3-18(24)4-9-20/h2-4,7-9,19H,5-6,10-16H2,1H3. The zero-order chi connectivity index (χ0) is 21.8. The molecule has 1 aromatic heterocycles. The molecule has 0 unspecified atom stereocenters. The molecule has 2 aromatic rings. The topological polar surface area (TPSA) is 66.2 Å². The Bertz CT molecular complexity index is 902. The molecule has 0 bridgehead atoms. The summed E-state index contributed by atoms with van der Waals surface area (Å²) in [4.78, 5) is 31.1. The fourth-order valence-corrected chi connectivity index (χ4v) is 3.75. The van der Waals surface area contributed by atoms with Gasteiger partial charge in [-0.2, -0.15) is 0 Å². The van der Waals surface area contributed by atoms with Gasteiger partial charge >= 0.3 is 0 Å². The summed E-state index contributed by atoms with van der Waals surface area (Å²) < 4.78 is 24.0. The van der Waals surface area contributed by atoms with E-state index in [1.165, 1.54) is 24.3 Å². The summed E-state index contributed by atoms with van der Waals surface area (Å²) in [6.45, 7) is 5.08. The van der Waals surface area contributed by atoms with Crippen LogP contribution in [0.2, 0.25) is 0 Å². The van der Waals surface area contributed by atoms with Crippen molar-refractivity contribution >= 4 is 11.8 Å². The third-order valence-electron chi connectivity index (χ3n) is 5.69. The third-order valence-corrected chi connectivity index (χ3v) is 5.69. The van der Waals surface area contributed by atoms with Gasteiger partial charge in [0.05, 0.1) is 13.1 Å². The van der Waals surface area contributed by atoms with Crippen molar-refractivity contribution < 1.29 is 23.1 Å². The van der Waals surface area contributed by atoms with Crippen molar-refractivity contribution in [2.75, 3.05) is 39.3 Å². The molecule has 1 aliphatic heterocycles. The summed E-state index contributed by atoms with van der Waals surface area (Å²) in [5, 5.41) is 0. The van der Waals surface area contributed by atoms with E-state index in [-0.39, 0.29) is 24.2 Å². The van der Waals surface area contributed by atoms with Gasteiger partial charge in [0.25, 0.3) is 5.91 Å². The number of nitrogens with zero attached hydrogens (tertiary/aromatic N) is 3. The highest BCUT2D eigenvalue weighted by molar-refractivity contribution is 5.79. The normalized spacial score (nSPS) is 16.9. The summed E-state index contributed by atoms with van der Waals surface area (Å²) in [6, 6.07) is 9.76. The number of halogens is 1. The van der Waals surface area contributed by atoms with Crippen molar-refractivity contribution in [3.63, 3.8) is 0 Å². The number of hydrogen-bond acceptors (Lipinski definition) is 5. The van der Waals surface area contributed by atoms with E-state index < -0.39 is 0 Å². The molecule has 0 atom stereocenters. The third kappa shape index (κ3) is 5.85. The first-order valence-electron chi connectivity index (χ1n) is 10.7. The number of carbonyl (C=O) groups excluding carboxylic acids is 2. The van der Waals surface area contributed by atoms with Crippen molar-refractivity contribution in [3.05, 3.63) is 53.7 Å². The van der Waals surface area contributed by atoms with Crippen molar-refractivity contribution in [3.8, 4) is 5.75 Å². The highest BCUT2D eigenvalue weighted by Crippen LogP contribution is 2.29. The average Bonchev–Trinajstić information content (AvgIpc) is 3.53. The smallest absolute Gasteiger partial charge is 0.260 e. The van der Waals surface area contributed by atoms with E-state index in [0.717, 1.165) is 24.4 Å². The molecule has 2 aliphatic rings. The van der Waals surface area contributed by atoms with E-state index >= 15 is 0 Å². The van der Waals surface area contributed by atoms with Crippen molar-refractivity contribution in [2.45, 2.75) is 32.4 Å². The van der Waals surface area contributed by atoms with Gasteiger partial charge in [-0.15, -0.1) is 0 Å². The molecule has 2 amide bonds. The lowest BCUT2D eigenvalue weighted by Gasteiger charge is -2.35. The second-order valence-electron chi connectivity index (χ2n) is 8.16. The molecule has 0 radical (unpaired) electrons. The van der Waals surface area contributed by atoms with Crippen LogP contribution < -0.4 is 4.74 Å². The number of ether oxygens (including phenoxy) is 1. The monoisotopic (exact) mass is 429 g/mol. The van der Waals surface area contributed by atoms with Gasteiger partial charge < -0.3 is 19.0 Å². The Morgan fingerprint density at radius 2 is 1.81 bits per heavy atom. The van der Waals surface area contributed by atoms with E-state index in [4.69, 9.17) is 9.15 Å². The van der Waals surface area contributed by atoms with Crippen molar-refractivity contribution in [1.29, 1.82) is 0 Å². The minimum absolute atomic E-state index is 0.0808. The van der Waals surface area contributed by atoms with Crippen LogP contribution in [0, 0.1) is 12.7 Å². The quantitative estimate of drug-likeness (QED) is 0.645. The number of benzene rings is 1. The number of rotatable bonds is 8. The Labute approximate surface area is 181 Å². The summed E-state index contributed by atoms with van der Waals surface area (Å²) in [5.41, 5.74) is 0. The van der Waals surface area contributed by atoms with Gasteiger partial charge in [-0.25, -0.2) is 4.39 Å². The minimum atomic E-state index is -0.344. The Morgan fingerprint density at radius 3 is 2.42 bits per heavy atom. The first-order valence-corrected chi connectivity index (χ1v) is 10.7. The molecule has 4 rings (SSSR count). The predicted octanol–water partition coefficient (Wildman–Crippen LogP) is 2.44. The number of aryl methyl sites for hydroxylation is 1. The van der Waals surface area contributed by atoms with E-state index in [0.29, 0.717) is 51.1 Å². The number of carbonyl (C=O) groups is 2. The Kier molecular flexibility index (Phi) is 6.56. The molecule has 166 valence electrons. The fraction of sp³-hybridized carbons (Fsp3) is 0.478. The molecule has 1 aliphatic carbocycles. The van der Waals surface area contributed by atoms with Gasteiger partial charge in [-0.3, -0.25) is 14.5 Å². The van der Waals surface area contributed by atoms with Crippen LogP contribution >= 0.6 is 0 Å². The zero-order valence-corrected chi connectivity index (χ0v) is 17.8. The molecular weight excluding hydrogens is 401 g/mol. The van der Waals surface area contributed by atoms with E-state index in [9.17, 15) is 14.0 Å². The van der Waals surface area contributed by atoms with Gasteiger partial charge in [0.15, 0.2) is 6.61 Å². The zero-order valence-electron chi connectivity index (χ0n) is 17.8. The van der Waals surface area contributed by atoms with Crippen LogP contribution in [0.1, 0.15) is 24.4 Å². The number of hydrogen-bond donors (Lipinski definition) is 0. The van der Waals surface area contributed by atoms with Gasteiger partial charge in [0.2, 0.25) is 5.91 Å². The first-order chi connectivity index (χ1) is 15.0. The minimum Gasteiger partial charge on any atom is -0.484 e. The second-order valence-corrected chi connectivity index (χ2v) is 8.16. The van der Waals surface area contributed by atoms with Crippen LogP contribution in [-0.4, -0.2) is 71.9 Å². The van der Waals surface area contributed by atoms with Crippen LogP contribution in [0.25, 0.3) is 0 Å². The van der Waals surface area contributed by atoms with Crippen molar-refractivity contribution in [2.24, 2.45) is 0 Å². The largest absolute Gasteiger partial charge is 0.484 e. The maximum atomic E-state index is 12.9. The molecule has 8 heteroatoms. The van der Waals surface area contributed by atoms with Crippen LogP contribution in [0.15, 0.2) is 40.8 Å². The summed E-state index contributed by atoms with van der Waals surface area (Å²) >= 11 is 0. The highest BCUT2D eigenvalue weighted by Gasteiger charge is 2.34. The number of furan rings is 1. The number of piperazine rings is 1. The molecule has 2 heterocycles. The Hall–Kier alpha value is -2.87. The maximum Gasteiger partial charge on any atom is 0.260 e. The molecule has 1 saturated carbocycles. The van der Waals surface area contributed by atoms with Crippen LogP contribution in [0.4, 0.5) is 4.39 Å². The van der Waals surface area contributed by atoms with Crippen LogP contribution in [0.3, 0.4) is 0 Å². The fourth-order valence-electron chi connectivity index (χ4n) is 3.75. The predicted molar refractivity (Wildman–Crippen MR) is 112 cm³/mol. The van der Waals surface area contributed by atoms with Gasteiger partial charge in [0.1, 0.15) is 23.1 Å². The first kappa shape index (κ1) is 21.4. The lowest BCUT2D eigenvalue weighted by Crippen LogP contribution is -2.52. The van der Waals surface area contributed by atoms with E-state index in [1.807, 2.05) is 24.0 Å². The molecule has 0 N–H and O–H groups in total. The summed E-state index contributed by atoms with van der Waals surface area (Å²) in [6.07, 6.45) is 2.09. The molecule has 2 fully saturated rings. The maximum absolute atomic E-state index is 12.9. The highest BCUT2D eigenvalue weighted by atomic mass is 19.1. The van der Waals surface area contributed by atoms with Gasteiger partial charge in [0, 0.05) is 32.2 Å². The number of amides is 2. The van der Waals surface area contributed by atoms with Crippen LogP contribution in [-0.2, 0) is 16.1 Å². The molecule has 1 saturated heterocycles. The summed E-state index contributed by atoms with van der Waals surface area (Å²) in [5.74, 6) is 1.78. The Morgan fingerprint density at radius 1 is 1.10 bits per heavy atom. The molecule has 7 nitrogen and oxygen atoms in total. The molecular formula is C23H28FN3O4. The van der Waals surface area contributed by atoms with Gasteiger partial charge in [-0.1, -0.05) is 0 Å². The molecule has 31 heavy (non-hydrogen) atoms. The lowest BCUT2D eigenvalue weighted by molar-refractivity contribution is -0.137. The SMILES string of the molecule is Cc1ccc(CN(C(=O)CN2CCN(C(=O)COc3ccc(F)cc3)CC2)C2CC2)o1. The molecule has 0 spiro atoms.